The van der Waals surface area contributed by atoms with Crippen molar-refractivity contribution in [2.24, 2.45) is 0 Å². The summed E-state index contributed by atoms with van der Waals surface area (Å²) in [5, 5.41) is 19.4. The number of pyridine rings is 1. The van der Waals surface area contributed by atoms with E-state index in [1.54, 1.807) is 24.4 Å². The monoisotopic (exact) mass is 318 g/mol. The zero-order valence-electron chi connectivity index (χ0n) is 11.7. The van der Waals surface area contributed by atoms with E-state index in [0.29, 0.717) is 24.9 Å². The molecule has 1 amide bonds. The van der Waals surface area contributed by atoms with Crippen LogP contribution in [0.15, 0.2) is 30.5 Å². The summed E-state index contributed by atoms with van der Waals surface area (Å²) in [4.78, 5) is 18.7. The average Bonchev–Trinajstić information content (AvgIpc) is 2.49. The molecule has 0 saturated carbocycles. The summed E-state index contributed by atoms with van der Waals surface area (Å²) in [5.74, 6) is -0.259. The van der Waals surface area contributed by atoms with Gasteiger partial charge >= 0.3 is 0 Å². The van der Waals surface area contributed by atoms with Gasteiger partial charge in [0.05, 0.1) is 17.3 Å². The van der Waals surface area contributed by atoms with Crippen molar-refractivity contribution >= 4 is 18.3 Å². The lowest BCUT2D eigenvalue weighted by molar-refractivity contribution is 0.0628. The fraction of sp³-hybridized carbons (Fsp3) is 0.250. The van der Waals surface area contributed by atoms with Gasteiger partial charge in [-0.25, -0.2) is 0 Å². The van der Waals surface area contributed by atoms with Crippen LogP contribution >= 0.6 is 12.4 Å². The van der Waals surface area contributed by atoms with Crippen LogP contribution in [0.5, 0.6) is 11.5 Å². The first kappa shape index (κ1) is 14.7. The maximum atomic E-state index is 12.6. The zero-order valence-corrected chi connectivity index (χ0v) is 12.5. The van der Waals surface area contributed by atoms with Crippen molar-refractivity contribution in [1.82, 2.24) is 9.88 Å². The summed E-state index contributed by atoms with van der Waals surface area (Å²) in [5.41, 5.74) is 3.35. The first-order chi connectivity index (χ1) is 10.1. The van der Waals surface area contributed by atoms with Gasteiger partial charge in [-0.2, -0.15) is 0 Å². The summed E-state index contributed by atoms with van der Waals surface area (Å²) < 4.78 is 0. The van der Waals surface area contributed by atoms with Crippen molar-refractivity contribution < 1.29 is 15.0 Å². The summed E-state index contributed by atoms with van der Waals surface area (Å²) in [6.07, 6.45) is 3.01. The highest BCUT2D eigenvalue weighted by Gasteiger charge is 2.37. The van der Waals surface area contributed by atoms with E-state index in [1.807, 2.05) is 11.0 Å². The van der Waals surface area contributed by atoms with Gasteiger partial charge in [0.1, 0.15) is 0 Å². The van der Waals surface area contributed by atoms with E-state index >= 15 is 0 Å². The van der Waals surface area contributed by atoms with Gasteiger partial charge in [0.25, 0.3) is 5.91 Å². The third-order valence-corrected chi connectivity index (χ3v) is 4.36. The number of aromatic nitrogens is 1. The van der Waals surface area contributed by atoms with E-state index < -0.39 is 0 Å². The van der Waals surface area contributed by atoms with E-state index in [2.05, 4.69) is 4.98 Å². The predicted molar refractivity (Wildman–Crippen MR) is 82.4 cm³/mol. The fourth-order valence-electron chi connectivity index (χ4n) is 3.32. The van der Waals surface area contributed by atoms with Crippen molar-refractivity contribution in [3.8, 4) is 11.5 Å². The summed E-state index contributed by atoms with van der Waals surface area (Å²) >= 11 is 0. The number of nitrogens with zero attached hydrogens (tertiary/aromatic N) is 2. The number of hydrogen-bond donors (Lipinski definition) is 2. The quantitative estimate of drug-likeness (QED) is 0.730. The summed E-state index contributed by atoms with van der Waals surface area (Å²) in [7, 11) is 0. The average molecular weight is 319 g/mol. The molecule has 22 heavy (non-hydrogen) atoms. The number of fused-ring (bicyclic) bond motifs is 4. The normalized spacial score (nSPS) is 18.8. The van der Waals surface area contributed by atoms with Crippen LogP contribution in [0.4, 0.5) is 0 Å². The highest BCUT2D eigenvalue weighted by Crippen LogP contribution is 2.41. The third kappa shape index (κ3) is 2.01. The second-order valence-electron chi connectivity index (χ2n) is 5.51. The van der Waals surface area contributed by atoms with Crippen molar-refractivity contribution in [3.05, 3.63) is 52.8 Å². The molecule has 4 rings (SSSR count). The van der Waals surface area contributed by atoms with Crippen molar-refractivity contribution in [2.45, 2.75) is 18.9 Å². The fourth-order valence-corrected chi connectivity index (χ4v) is 3.32. The van der Waals surface area contributed by atoms with E-state index in [-0.39, 0.29) is 35.9 Å². The van der Waals surface area contributed by atoms with Crippen molar-refractivity contribution in [3.63, 3.8) is 0 Å². The van der Waals surface area contributed by atoms with Crippen LogP contribution in [-0.2, 0) is 12.8 Å². The largest absolute Gasteiger partial charge is 0.504 e. The highest BCUT2D eigenvalue weighted by molar-refractivity contribution is 5.96. The molecule has 1 atom stereocenters. The van der Waals surface area contributed by atoms with Crippen LogP contribution in [0.25, 0.3) is 0 Å². The minimum Gasteiger partial charge on any atom is -0.504 e. The maximum absolute atomic E-state index is 12.6. The van der Waals surface area contributed by atoms with Crippen LogP contribution in [0.3, 0.4) is 0 Å². The minimum absolute atomic E-state index is 0. The number of carbonyl (C=O) groups excluding carboxylic acids is 1. The van der Waals surface area contributed by atoms with E-state index in [1.165, 1.54) is 0 Å². The van der Waals surface area contributed by atoms with Crippen LogP contribution in [0, 0.1) is 0 Å². The Kier molecular flexibility index (Phi) is 3.45. The number of halogens is 1. The number of phenolic OH excluding ortho intramolecular Hbond substituents is 2. The molecule has 0 fully saturated rings. The van der Waals surface area contributed by atoms with Gasteiger partial charge in [-0.1, -0.05) is 0 Å². The Morgan fingerprint density at radius 3 is 2.82 bits per heavy atom. The molecular formula is C16H15ClN2O3. The molecule has 1 aromatic heterocycles. The van der Waals surface area contributed by atoms with Crippen molar-refractivity contribution in [2.75, 3.05) is 6.54 Å². The Bertz CT molecular complexity index is 763. The molecule has 1 aromatic carbocycles. The molecule has 3 heterocycles. The molecule has 1 unspecified atom stereocenters. The Labute approximate surface area is 133 Å². The highest BCUT2D eigenvalue weighted by atomic mass is 35.5. The van der Waals surface area contributed by atoms with E-state index in [9.17, 15) is 15.0 Å². The van der Waals surface area contributed by atoms with Gasteiger partial charge in [0.2, 0.25) is 0 Å². The molecule has 0 bridgehead atoms. The van der Waals surface area contributed by atoms with Crippen LogP contribution < -0.4 is 0 Å². The van der Waals surface area contributed by atoms with Gasteiger partial charge in [0.15, 0.2) is 11.5 Å². The van der Waals surface area contributed by atoms with Crippen LogP contribution in [0.1, 0.15) is 33.2 Å². The standard InChI is InChI=1S/C16H14N2O3.ClH/c19-14-6-9-3-5-18-13(11(9)7-15(14)20)8-12-10(16(18)21)2-1-4-17-12;/h1-2,4,6-7,13,19-20H,3,5,8H2;1H. The van der Waals surface area contributed by atoms with E-state index in [4.69, 9.17) is 0 Å². The third-order valence-electron chi connectivity index (χ3n) is 4.36. The predicted octanol–water partition coefficient (Wildman–Crippen LogP) is 2.21. The summed E-state index contributed by atoms with van der Waals surface area (Å²) in [6.45, 7) is 0.620. The second kappa shape index (κ2) is 5.18. The van der Waals surface area contributed by atoms with Crippen LogP contribution in [0.2, 0.25) is 0 Å². The first-order valence-electron chi connectivity index (χ1n) is 6.95. The molecule has 2 aromatic rings. The minimum atomic E-state index is -0.144. The van der Waals surface area contributed by atoms with Crippen molar-refractivity contribution in [1.29, 1.82) is 0 Å². The van der Waals surface area contributed by atoms with Gasteiger partial charge in [-0.3, -0.25) is 9.78 Å². The number of aromatic hydroxyl groups is 2. The first-order valence-corrected chi connectivity index (χ1v) is 6.95. The van der Waals surface area contributed by atoms with Gasteiger partial charge in [-0.15, -0.1) is 12.4 Å². The van der Waals surface area contributed by atoms with Gasteiger partial charge < -0.3 is 15.1 Å². The lowest BCUT2D eigenvalue weighted by Crippen LogP contribution is -2.44. The molecule has 2 aliphatic rings. The Morgan fingerprint density at radius 1 is 1.23 bits per heavy atom. The Morgan fingerprint density at radius 2 is 2.00 bits per heavy atom. The maximum Gasteiger partial charge on any atom is 0.256 e. The number of rotatable bonds is 0. The lowest BCUT2D eigenvalue weighted by Gasteiger charge is -2.40. The zero-order chi connectivity index (χ0) is 14.6. The number of carbonyl (C=O) groups is 1. The molecule has 5 nitrogen and oxygen atoms in total. The SMILES string of the molecule is Cl.O=C1c2cccnc2CC2c3cc(O)c(O)cc3CCN12. The molecule has 0 saturated heterocycles. The van der Waals surface area contributed by atoms with E-state index in [0.717, 1.165) is 16.8 Å². The van der Waals surface area contributed by atoms with Gasteiger partial charge in [-0.05, 0) is 41.8 Å². The number of phenols is 2. The summed E-state index contributed by atoms with van der Waals surface area (Å²) in [6, 6.07) is 6.64. The topological polar surface area (TPSA) is 73.7 Å². The Balaban J connectivity index is 0.00000144. The molecule has 6 heteroatoms. The molecule has 114 valence electrons. The van der Waals surface area contributed by atoms with Gasteiger partial charge in [0, 0.05) is 19.2 Å². The molecule has 0 radical (unpaired) electrons. The number of benzene rings is 1. The Hall–Kier alpha value is -2.27. The number of hydrogen-bond acceptors (Lipinski definition) is 4. The molecule has 2 N–H and O–H groups in total. The number of amides is 1. The lowest BCUT2D eigenvalue weighted by atomic mass is 9.85. The molecular weight excluding hydrogens is 304 g/mol. The van der Waals surface area contributed by atoms with Crippen LogP contribution in [-0.4, -0.2) is 32.5 Å². The molecule has 0 spiro atoms. The molecule has 0 aliphatic carbocycles. The smallest absolute Gasteiger partial charge is 0.256 e. The second-order valence-corrected chi connectivity index (χ2v) is 5.51. The molecule has 2 aliphatic heterocycles.